The lowest BCUT2D eigenvalue weighted by Crippen LogP contribution is -1.58. The number of rotatable bonds is 5. The van der Waals surface area contributed by atoms with Crippen LogP contribution in [0.25, 0.3) is 0 Å². The largest absolute Gasteiger partial charge is 0.422 e. The number of hydrogen-bond acceptors (Lipinski definition) is 5. The van der Waals surface area contributed by atoms with Crippen molar-refractivity contribution in [1.82, 2.24) is 0 Å². The van der Waals surface area contributed by atoms with Crippen LogP contribution in [0, 0.1) is 0 Å². The van der Waals surface area contributed by atoms with Crippen molar-refractivity contribution < 1.29 is 9.13 Å². The van der Waals surface area contributed by atoms with E-state index in [0.29, 0.717) is 10.6 Å². The van der Waals surface area contributed by atoms with Crippen LogP contribution in [0.1, 0.15) is 0 Å². The molecule has 52 valence electrons. The summed E-state index contributed by atoms with van der Waals surface area (Å²) in [6, 6.07) is 0. The molecule has 9 heavy (non-hydrogen) atoms. The van der Waals surface area contributed by atoms with E-state index in [2.05, 4.69) is 12.6 Å². The van der Waals surface area contributed by atoms with Crippen LogP contribution in [0.3, 0.4) is 0 Å². The molecule has 0 N–H and O–H groups in total. The van der Waals surface area contributed by atoms with Gasteiger partial charge in [-0.2, -0.15) is 12.6 Å². The maximum Gasteiger partial charge on any atom is 0.422 e. The highest BCUT2D eigenvalue weighted by atomic mass is 32.7. The van der Waals surface area contributed by atoms with Crippen LogP contribution in [0.2, 0.25) is 0 Å². The van der Waals surface area contributed by atoms with Gasteiger partial charge in [-0.05, 0) is 11.4 Å². The van der Waals surface area contributed by atoms with Gasteiger partial charge in [0.1, 0.15) is 11.4 Å². The standard InChI is InChI=1S/C2H4O2P2S3/c3-5-8-1-6(4)9-2-7/h1-2H2/p+1. The Balaban J connectivity index is 3.16. The van der Waals surface area contributed by atoms with Crippen LogP contribution in [0.15, 0.2) is 0 Å². The fraction of sp³-hybridized carbons (Fsp3) is 1.00. The second kappa shape index (κ2) is 7.36. The van der Waals surface area contributed by atoms with Gasteiger partial charge in [0.25, 0.3) is 0 Å². The first kappa shape index (κ1) is 10.2. The topological polar surface area (TPSA) is 34.1 Å². The Labute approximate surface area is 69.8 Å². The van der Waals surface area contributed by atoms with Gasteiger partial charge in [-0.15, -0.1) is 0 Å². The summed E-state index contributed by atoms with van der Waals surface area (Å²) in [6.45, 7) is 0. The second-order valence-corrected chi connectivity index (χ2v) is 7.54. The molecule has 0 bridgehead atoms. The highest BCUT2D eigenvalue weighted by molar-refractivity contribution is 8.59. The number of hydrogen-bond donors (Lipinski definition) is 1. The predicted octanol–water partition coefficient (Wildman–Crippen LogP) is 3.25. The Kier molecular flexibility index (Phi) is 8.38. The average molecular weight is 219 g/mol. The molecule has 1 unspecified atom stereocenters. The summed E-state index contributed by atoms with van der Waals surface area (Å²) in [5.74, 6) is 0. The van der Waals surface area contributed by atoms with E-state index < -0.39 is 7.00 Å². The van der Waals surface area contributed by atoms with Gasteiger partial charge in [0, 0.05) is 0 Å². The van der Waals surface area contributed by atoms with Crippen LogP contribution < -0.4 is 0 Å². The Hall–Kier alpha value is 1.25. The lowest BCUT2D eigenvalue weighted by atomic mass is 11.9. The quantitative estimate of drug-likeness (QED) is 0.437. The van der Waals surface area contributed by atoms with Gasteiger partial charge >= 0.3 is 7.00 Å². The van der Waals surface area contributed by atoms with Gasteiger partial charge < -0.3 is 0 Å². The summed E-state index contributed by atoms with van der Waals surface area (Å²) < 4.78 is 20.5. The van der Waals surface area contributed by atoms with E-state index in [1.165, 1.54) is 11.4 Å². The van der Waals surface area contributed by atoms with Gasteiger partial charge in [0.15, 0.2) is 0 Å². The Morgan fingerprint density at radius 1 is 1.67 bits per heavy atom. The minimum atomic E-state index is -1.24. The van der Waals surface area contributed by atoms with Crippen molar-refractivity contribution in [2.75, 3.05) is 10.6 Å². The van der Waals surface area contributed by atoms with Crippen LogP contribution >= 0.6 is 50.1 Å². The first-order valence-corrected chi connectivity index (χ1v) is 8.01. The third-order valence-electron chi connectivity index (χ3n) is 0.418. The SMILES string of the molecule is O=PSC[P+](=O)SCS. The maximum absolute atomic E-state index is 10.7. The van der Waals surface area contributed by atoms with E-state index in [1.807, 2.05) is 0 Å². The zero-order chi connectivity index (χ0) is 7.11. The first-order chi connectivity index (χ1) is 4.31. The highest BCUT2D eigenvalue weighted by Gasteiger charge is 2.15. The van der Waals surface area contributed by atoms with Crippen molar-refractivity contribution in [2.24, 2.45) is 0 Å². The molecular formula is C2H5O2P2S3+. The second-order valence-electron chi connectivity index (χ2n) is 0.924. The Morgan fingerprint density at radius 3 is 2.78 bits per heavy atom. The molecule has 0 aromatic carbocycles. The molecule has 0 aliphatic carbocycles. The van der Waals surface area contributed by atoms with Crippen molar-refractivity contribution in [3.63, 3.8) is 0 Å². The maximum atomic E-state index is 10.7. The molecular weight excluding hydrogens is 214 g/mol. The molecule has 0 radical (unpaired) electrons. The fourth-order valence-corrected chi connectivity index (χ4v) is 5.93. The van der Waals surface area contributed by atoms with Crippen LogP contribution in [-0.2, 0) is 9.13 Å². The number of thiol groups is 1. The van der Waals surface area contributed by atoms with Crippen molar-refractivity contribution in [3.8, 4) is 0 Å². The smallest absolute Gasteiger partial charge is 0.262 e. The van der Waals surface area contributed by atoms with Gasteiger partial charge in [0.05, 0.1) is 5.08 Å². The summed E-state index contributed by atoms with van der Waals surface area (Å²) in [4.78, 5) is 0. The zero-order valence-electron chi connectivity index (χ0n) is 4.39. The molecule has 0 fully saturated rings. The third kappa shape index (κ3) is 7.14. The normalized spacial score (nSPS) is 11.9. The summed E-state index contributed by atoms with van der Waals surface area (Å²) >= 11 is 6.29. The molecule has 0 aliphatic heterocycles. The molecule has 0 heterocycles. The molecule has 2 nitrogen and oxygen atoms in total. The van der Waals surface area contributed by atoms with E-state index in [-0.39, 0.29) is 7.66 Å². The minimum Gasteiger partial charge on any atom is -0.262 e. The molecule has 0 amide bonds. The Bertz CT molecular complexity index is 108. The molecule has 0 aliphatic rings. The van der Waals surface area contributed by atoms with Crippen molar-refractivity contribution in [2.45, 2.75) is 0 Å². The van der Waals surface area contributed by atoms with Crippen molar-refractivity contribution in [1.29, 1.82) is 0 Å². The van der Waals surface area contributed by atoms with E-state index in [4.69, 9.17) is 0 Å². The zero-order valence-corrected chi connectivity index (χ0v) is 8.71. The lowest BCUT2D eigenvalue weighted by Gasteiger charge is -1.75. The van der Waals surface area contributed by atoms with E-state index in [0.717, 1.165) is 11.4 Å². The summed E-state index contributed by atoms with van der Waals surface area (Å²) in [5, 5.41) is 0.561. The summed E-state index contributed by atoms with van der Waals surface area (Å²) in [7, 11) is -1.24. The van der Waals surface area contributed by atoms with E-state index in [9.17, 15) is 9.13 Å². The van der Waals surface area contributed by atoms with Gasteiger partial charge in [-0.25, -0.2) is 0 Å². The van der Waals surface area contributed by atoms with Crippen molar-refractivity contribution in [3.05, 3.63) is 0 Å². The molecule has 0 aromatic heterocycles. The molecule has 0 rings (SSSR count). The fourth-order valence-electron chi connectivity index (χ4n) is 0.172. The molecule has 0 saturated carbocycles. The average Bonchev–Trinajstić information content (AvgIpc) is 1.85. The molecule has 0 aromatic rings. The lowest BCUT2D eigenvalue weighted by molar-refractivity contribution is 0.598. The molecule has 1 atom stereocenters. The van der Waals surface area contributed by atoms with Crippen LogP contribution in [0.5, 0.6) is 0 Å². The van der Waals surface area contributed by atoms with Gasteiger partial charge in [0.2, 0.25) is 13.2 Å². The Morgan fingerprint density at radius 2 is 2.33 bits per heavy atom. The summed E-state index contributed by atoms with van der Waals surface area (Å²) in [6.07, 6.45) is 0. The summed E-state index contributed by atoms with van der Waals surface area (Å²) in [5.41, 5.74) is 0.450. The van der Waals surface area contributed by atoms with Gasteiger partial charge in [-0.1, -0.05) is 4.57 Å². The van der Waals surface area contributed by atoms with Gasteiger partial charge in [-0.3, -0.25) is 4.57 Å². The van der Waals surface area contributed by atoms with Crippen molar-refractivity contribution >= 4 is 50.1 Å². The van der Waals surface area contributed by atoms with Crippen LogP contribution in [0.4, 0.5) is 0 Å². The molecule has 7 heteroatoms. The third-order valence-corrected chi connectivity index (χ3v) is 6.79. The first-order valence-electron chi connectivity index (χ1n) is 1.94. The van der Waals surface area contributed by atoms with E-state index in [1.54, 1.807) is 0 Å². The predicted molar refractivity (Wildman–Crippen MR) is 49.1 cm³/mol. The monoisotopic (exact) mass is 219 g/mol. The highest BCUT2D eigenvalue weighted by Crippen LogP contribution is 2.43. The van der Waals surface area contributed by atoms with Crippen LogP contribution in [-0.4, -0.2) is 10.6 Å². The molecule has 0 spiro atoms. The molecule has 0 saturated heterocycles. The minimum absolute atomic E-state index is 0.00000598. The van der Waals surface area contributed by atoms with E-state index >= 15 is 0 Å².